The van der Waals surface area contributed by atoms with E-state index < -0.39 is 0 Å². The number of benzene rings is 1. The lowest BCUT2D eigenvalue weighted by Crippen LogP contribution is -2.20. The van der Waals surface area contributed by atoms with Crippen molar-refractivity contribution in [2.45, 2.75) is 13.0 Å². The van der Waals surface area contributed by atoms with Crippen molar-refractivity contribution in [3.8, 4) is 0 Å². The van der Waals surface area contributed by atoms with E-state index in [4.69, 9.17) is 17.3 Å². The van der Waals surface area contributed by atoms with E-state index in [1.807, 2.05) is 6.92 Å². The van der Waals surface area contributed by atoms with Crippen molar-refractivity contribution in [1.82, 2.24) is 0 Å². The highest BCUT2D eigenvalue weighted by Gasteiger charge is 2.03. The molecule has 1 unspecified atom stereocenters. The van der Waals surface area contributed by atoms with E-state index in [0.717, 1.165) is 11.4 Å². The minimum Gasteiger partial charge on any atom is -0.327 e. The fraction of sp³-hybridized carbons (Fsp3) is 0.364. The lowest BCUT2D eigenvalue weighted by Gasteiger charge is -2.06. The van der Waals surface area contributed by atoms with Gasteiger partial charge >= 0.3 is 0 Å². The van der Waals surface area contributed by atoms with Gasteiger partial charge in [-0.2, -0.15) is 11.8 Å². The van der Waals surface area contributed by atoms with E-state index in [1.165, 1.54) is 11.8 Å². The van der Waals surface area contributed by atoms with E-state index in [9.17, 15) is 4.79 Å². The molecule has 1 rings (SSSR count). The Bertz CT molecular complexity index is 358. The third-order valence-electron chi connectivity index (χ3n) is 1.72. The molecule has 1 aromatic carbocycles. The normalized spacial score (nSPS) is 12.2. The number of carbonyl (C=O) groups excluding carboxylic acids is 1. The van der Waals surface area contributed by atoms with Gasteiger partial charge in [0.1, 0.15) is 0 Å². The van der Waals surface area contributed by atoms with Gasteiger partial charge in [0.2, 0.25) is 5.91 Å². The molecule has 0 bridgehead atoms. The molecule has 0 heterocycles. The lowest BCUT2D eigenvalue weighted by molar-refractivity contribution is -0.113. The van der Waals surface area contributed by atoms with Crippen LogP contribution < -0.4 is 11.1 Å². The molecule has 0 saturated heterocycles. The maximum atomic E-state index is 11.5. The van der Waals surface area contributed by atoms with Crippen LogP contribution in [-0.2, 0) is 4.79 Å². The van der Waals surface area contributed by atoms with Gasteiger partial charge in [-0.25, -0.2) is 0 Å². The Morgan fingerprint density at radius 2 is 2.38 bits per heavy atom. The minimum atomic E-state index is -0.0343. The summed E-state index contributed by atoms with van der Waals surface area (Å²) in [5, 5.41) is 3.38. The largest absolute Gasteiger partial charge is 0.327 e. The Morgan fingerprint density at radius 3 is 3.00 bits per heavy atom. The van der Waals surface area contributed by atoms with E-state index >= 15 is 0 Å². The van der Waals surface area contributed by atoms with Gasteiger partial charge in [0.05, 0.1) is 5.75 Å². The predicted octanol–water partition coefficient (Wildman–Crippen LogP) is 2.36. The highest BCUT2D eigenvalue weighted by molar-refractivity contribution is 8.00. The maximum Gasteiger partial charge on any atom is 0.234 e. The molecule has 0 spiro atoms. The molecule has 0 aliphatic carbocycles. The van der Waals surface area contributed by atoms with Gasteiger partial charge in [0.15, 0.2) is 0 Å². The molecular formula is C11H15ClN2OS. The molecule has 0 aliphatic heterocycles. The van der Waals surface area contributed by atoms with Gasteiger partial charge in [-0.1, -0.05) is 17.7 Å². The van der Waals surface area contributed by atoms with Gasteiger partial charge in [-0.05, 0) is 25.1 Å². The van der Waals surface area contributed by atoms with Crippen molar-refractivity contribution >= 4 is 35.0 Å². The van der Waals surface area contributed by atoms with Crippen LogP contribution in [0.25, 0.3) is 0 Å². The predicted molar refractivity (Wildman–Crippen MR) is 71.1 cm³/mol. The van der Waals surface area contributed by atoms with E-state index in [2.05, 4.69) is 5.32 Å². The van der Waals surface area contributed by atoms with Gasteiger partial charge < -0.3 is 11.1 Å². The number of hydrogen-bond donors (Lipinski definition) is 2. The number of hydrogen-bond acceptors (Lipinski definition) is 3. The molecule has 3 nitrogen and oxygen atoms in total. The molecule has 0 fully saturated rings. The van der Waals surface area contributed by atoms with Crippen molar-refractivity contribution in [2.24, 2.45) is 5.73 Å². The van der Waals surface area contributed by atoms with Crippen LogP contribution in [0.5, 0.6) is 0 Å². The quantitative estimate of drug-likeness (QED) is 0.853. The Balaban J connectivity index is 2.34. The topological polar surface area (TPSA) is 55.1 Å². The van der Waals surface area contributed by atoms with Crippen molar-refractivity contribution in [3.63, 3.8) is 0 Å². The summed E-state index contributed by atoms with van der Waals surface area (Å²) in [6.07, 6.45) is 0. The zero-order chi connectivity index (χ0) is 12.0. The number of thioether (sulfide) groups is 1. The summed E-state index contributed by atoms with van der Waals surface area (Å²) in [5.74, 6) is 1.16. The summed E-state index contributed by atoms with van der Waals surface area (Å²) < 4.78 is 0. The third-order valence-corrected chi connectivity index (χ3v) is 3.19. The van der Waals surface area contributed by atoms with Crippen LogP contribution in [0, 0.1) is 0 Å². The molecule has 1 atom stereocenters. The minimum absolute atomic E-state index is 0.0343. The van der Waals surface area contributed by atoms with Crippen LogP contribution in [0.15, 0.2) is 24.3 Å². The second kappa shape index (κ2) is 6.78. The second-order valence-electron chi connectivity index (χ2n) is 3.55. The first kappa shape index (κ1) is 13.4. The molecule has 1 aromatic rings. The smallest absolute Gasteiger partial charge is 0.234 e. The highest BCUT2D eigenvalue weighted by atomic mass is 35.5. The van der Waals surface area contributed by atoms with Gasteiger partial charge in [-0.15, -0.1) is 0 Å². The Kier molecular flexibility index (Phi) is 5.66. The first-order valence-corrected chi connectivity index (χ1v) is 6.50. The Labute approximate surface area is 105 Å². The van der Waals surface area contributed by atoms with Crippen LogP contribution in [0.3, 0.4) is 0 Å². The SMILES string of the molecule is CC(N)CSCC(=O)Nc1cccc(Cl)c1. The van der Waals surface area contributed by atoms with Crippen LogP contribution >= 0.6 is 23.4 Å². The standard InChI is InChI=1S/C11H15ClN2OS/c1-8(13)6-16-7-11(15)14-10-4-2-3-9(12)5-10/h2-5,8H,6-7,13H2,1H3,(H,14,15). The van der Waals surface area contributed by atoms with Crippen LogP contribution in [0.2, 0.25) is 5.02 Å². The zero-order valence-corrected chi connectivity index (χ0v) is 10.6. The number of nitrogens with two attached hydrogens (primary N) is 1. The first-order valence-electron chi connectivity index (χ1n) is 4.96. The molecule has 1 amide bonds. The number of carbonyl (C=O) groups is 1. The Morgan fingerprint density at radius 1 is 1.62 bits per heavy atom. The fourth-order valence-electron chi connectivity index (χ4n) is 1.10. The van der Waals surface area contributed by atoms with Gasteiger partial charge in [-0.3, -0.25) is 4.79 Å². The molecule has 0 saturated carbocycles. The molecule has 0 aliphatic rings. The van der Waals surface area contributed by atoms with Crippen molar-refractivity contribution in [3.05, 3.63) is 29.3 Å². The molecular weight excluding hydrogens is 244 g/mol. The van der Waals surface area contributed by atoms with Crippen LogP contribution in [0.1, 0.15) is 6.92 Å². The summed E-state index contributed by atoms with van der Waals surface area (Å²) in [6, 6.07) is 7.20. The van der Waals surface area contributed by atoms with Crippen molar-refractivity contribution < 1.29 is 4.79 Å². The van der Waals surface area contributed by atoms with Gasteiger partial charge in [0, 0.05) is 22.5 Å². The van der Waals surface area contributed by atoms with E-state index in [1.54, 1.807) is 24.3 Å². The molecule has 3 N–H and O–H groups in total. The summed E-state index contributed by atoms with van der Waals surface area (Å²) in [7, 11) is 0. The fourth-order valence-corrected chi connectivity index (χ4v) is 2.04. The molecule has 0 aromatic heterocycles. The zero-order valence-electron chi connectivity index (χ0n) is 9.07. The third kappa shape index (κ3) is 5.39. The number of halogens is 1. The highest BCUT2D eigenvalue weighted by Crippen LogP contribution is 2.15. The number of rotatable bonds is 5. The van der Waals surface area contributed by atoms with Crippen LogP contribution in [0.4, 0.5) is 5.69 Å². The van der Waals surface area contributed by atoms with Crippen molar-refractivity contribution in [2.75, 3.05) is 16.8 Å². The summed E-state index contributed by atoms with van der Waals surface area (Å²) in [5.41, 5.74) is 6.30. The first-order chi connectivity index (χ1) is 7.58. The van der Waals surface area contributed by atoms with Crippen LogP contribution in [-0.4, -0.2) is 23.5 Å². The molecule has 16 heavy (non-hydrogen) atoms. The molecule has 0 radical (unpaired) electrons. The van der Waals surface area contributed by atoms with E-state index in [-0.39, 0.29) is 11.9 Å². The summed E-state index contributed by atoms with van der Waals surface area (Å²) in [4.78, 5) is 11.5. The number of amides is 1. The van der Waals surface area contributed by atoms with E-state index in [0.29, 0.717) is 10.8 Å². The maximum absolute atomic E-state index is 11.5. The number of anilines is 1. The summed E-state index contributed by atoms with van der Waals surface area (Å²) >= 11 is 7.32. The average Bonchev–Trinajstić information content (AvgIpc) is 2.16. The Hall–Kier alpha value is -0.710. The molecule has 88 valence electrons. The summed E-state index contributed by atoms with van der Waals surface area (Å²) in [6.45, 7) is 1.92. The lowest BCUT2D eigenvalue weighted by atomic mass is 10.3. The van der Waals surface area contributed by atoms with Crippen molar-refractivity contribution in [1.29, 1.82) is 0 Å². The average molecular weight is 259 g/mol. The second-order valence-corrected chi connectivity index (χ2v) is 5.02. The molecule has 5 heteroatoms. The number of nitrogens with one attached hydrogen (secondary N) is 1. The van der Waals surface area contributed by atoms with Gasteiger partial charge in [0.25, 0.3) is 0 Å². The monoisotopic (exact) mass is 258 g/mol.